The van der Waals surface area contributed by atoms with Crippen LogP contribution in [0.2, 0.25) is 0 Å². The van der Waals surface area contributed by atoms with E-state index < -0.39 is 5.63 Å². The highest BCUT2D eigenvalue weighted by molar-refractivity contribution is 5.91. The summed E-state index contributed by atoms with van der Waals surface area (Å²) in [5.41, 5.74) is 4.27. The van der Waals surface area contributed by atoms with Crippen LogP contribution in [0.5, 0.6) is 0 Å². The highest BCUT2D eigenvalue weighted by Crippen LogP contribution is 2.25. The third-order valence-electron chi connectivity index (χ3n) is 6.83. The van der Waals surface area contributed by atoms with Crippen LogP contribution >= 0.6 is 0 Å². The Hall–Kier alpha value is -4.09. The second-order valence-corrected chi connectivity index (χ2v) is 9.32. The molecule has 3 heterocycles. The summed E-state index contributed by atoms with van der Waals surface area (Å²) in [5, 5.41) is 13.7. The van der Waals surface area contributed by atoms with Gasteiger partial charge in [0, 0.05) is 61.3 Å². The van der Waals surface area contributed by atoms with E-state index in [4.69, 9.17) is 4.42 Å². The number of carbonyl (C=O) groups excluding carboxylic acids is 1. The fraction of sp³-hybridized carbons (Fsp3) is 0.321. The molecule has 5 rings (SSSR count). The van der Waals surface area contributed by atoms with E-state index in [1.54, 1.807) is 6.07 Å². The molecule has 36 heavy (non-hydrogen) atoms. The zero-order valence-electron chi connectivity index (χ0n) is 20.3. The summed E-state index contributed by atoms with van der Waals surface area (Å²) in [6.45, 7) is 6.30. The lowest BCUT2D eigenvalue weighted by Gasteiger charge is -2.36. The van der Waals surface area contributed by atoms with Crippen molar-refractivity contribution >= 4 is 39.2 Å². The second kappa shape index (κ2) is 10.3. The van der Waals surface area contributed by atoms with Crippen molar-refractivity contribution in [2.45, 2.75) is 26.2 Å². The molecule has 1 fully saturated rings. The van der Waals surface area contributed by atoms with Gasteiger partial charge in [0.2, 0.25) is 5.91 Å². The van der Waals surface area contributed by atoms with E-state index in [1.165, 1.54) is 12.5 Å². The number of hydrogen-bond acceptors (Lipinski definition) is 6. The number of piperazine rings is 1. The van der Waals surface area contributed by atoms with Crippen LogP contribution in [-0.2, 0) is 11.2 Å². The number of amides is 1. The maximum absolute atomic E-state index is 12.0. The molecule has 0 radical (unpaired) electrons. The van der Waals surface area contributed by atoms with Crippen LogP contribution in [0.25, 0.3) is 21.9 Å². The van der Waals surface area contributed by atoms with Crippen molar-refractivity contribution in [1.82, 2.24) is 9.88 Å². The molecule has 2 aromatic carbocycles. The molecule has 2 aromatic heterocycles. The molecule has 1 aliphatic heterocycles. The SMILES string of the molecule is CC(=O)Nc1cc2cc(N3CCN(CCCCc4c[nH]c5ccc(C#N)cc45)CC3)ccc2oc1=O. The van der Waals surface area contributed by atoms with Crippen LogP contribution in [-0.4, -0.2) is 48.5 Å². The lowest BCUT2D eigenvalue weighted by molar-refractivity contribution is -0.114. The first-order valence-electron chi connectivity index (χ1n) is 12.3. The van der Waals surface area contributed by atoms with E-state index >= 15 is 0 Å². The zero-order chi connectivity index (χ0) is 25.1. The molecule has 0 atom stereocenters. The number of aromatic nitrogens is 1. The number of aromatic amines is 1. The molecule has 1 aliphatic rings. The van der Waals surface area contributed by atoms with Crippen LogP contribution in [0.3, 0.4) is 0 Å². The number of anilines is 2. The monoisotopic (exact) mass is 483 g/mol. The number of nitrogens with one attached hydrogen (secondary N) is 2. The number of rotatable bonds is 7. The number of benzene rings is 2. The van der Waals surface area contributed by atoms with Gasteiger partial charge in [-0.2, -0.15) is 5.26 Å². The van der Waals surface area contributed by atoms with E-state index in [0.29, 0.717) is 11.1 Å². The highest BCUT2D eigenvalue weighted by atomic mass is 16.4. The Morgan fingerprint density at radius 3 is 2.72 bits per heavy atom. The van der Waals surface area contributed by atoms with Gasteiger partial charge in [-0.05, 0) is 73.8 Å². The smallest absolute Gasteiger partial charge is 0.360 e. The Kier molecular flexibility index (Phi) is 6.74. The Labute approximate surface area is 209 Å². The molecule has 1 amide bonds. The molecule has 0 bridgehead atoms. The predicted molar refractivity (Wildman–Crippen MR) is 141 cm³/mol. The van der Waals surface area contributed by atoms with Gasteiger partial charge in [-0.3, -0.25) is 9.69 Å². The number of aryl methyl sites for hydroxylation is 1. The van der Waals surface area contributed by atoms with Gasteiger partial charge >= 0.3 is 5.63 Å². The van der Waals surface area contributed by atoms with Crippen LogP contribution < -0.4 is 15.8 Å². The third kappa shape index (κ3) is 5.11. The zero-order valence-corrected chi connectivity index (χ0v) is 20.3. The minimum atomic E-state index is -0.546. The first-order valence-corrected chi connectivity index (χ1v) is 12.3. The Bertz CT molecular complexity index is 1510. The molecule has 0 saturated carbocycles. The molecule has 8 nitrogen and oxygen atoms in total. The number of nitriles is 1. The Balaban J connectivity index is 1.13. The second-order valence-electron chi connectivity index (χ2n) is 9.32. The standard InChI is InChI=1S/C28H29N5O3/c1-19(34)31-26-16-22-15-23(6-8-27(22)36-28(26)35)33-12-10-32(11-13-33)9-3-2-4-21-18-30-25-7-5-20(17-29)14-24(21)25/h5-8,14-16,18,30H,2-4,9-13H2,1H3,(H,31,34). The molecule has 8 heteroatoms. The first-order chi connectivity index (χ1) is 17.5. The molecular formula is C28H29N5O3. The van der Waals surface area contributed by atoms with Crippen LogP contribution in [0, 0.1) is 11.3 Å². The van der Waals surface area contributed by atoms with Crippen molar-refractivity contribution in [2.24, 2.45) is 0 Å². The van der Waals surface area contributed by atoms with Crippen molar-refractivity contribution in [3.8, 4) is 6.07 Å². The summed E-state index contributed by atoms with van der Waals surface area (Å²) in [5.74, 6) is -0.302. The van der Waals surface area contributed by atoms with Crippen molar-refractivity contribution < 1.29 is 9.21 Å². The average Bonchev–Trinajstić information content (AvgIpc) is 3.29. The number of unbranched alkanes of at least 4 members (excludes halogenated alkanes) is 1. The van der Waals surface area contributed by atoms with Gasteiger partial charge in [-0.25, -0.2) is 4.79 Å². The average molecular weight is 484 g/mol. The maximum atomic E-state index is 12.0. The Morgan fingerprint density at radius 2 is 1.94 bits per heavy atom. The van der Waals surface area contributed by atoms with Gasteiger partial charge in [0.1, 0.15) is 11.3 Å². The molecule has 2 N–H and O–H groups in total. The molecule has 4 aromatic rings. The van der Waals surface area contributed by atoms with Gasteiger partial charge in [0.05, 0.1) is 11.6 Å². The van der Waals surface area contributed by atoms with Crippen LogP contribution in [0.1, 0.15) is 30.9 Å². The van der Waals surface area contributed by atoms with Crippen molar-refractivity contribution in [1.29, 1.82) is 5.26 Å². The largest absolute Gasteiger partial charge is 0.421 e. The lowest BCUT2D eigenvalue weighted by atomic mass is 10.1. The van der Waals surface area contributed by atoms with Gasteiger partial charge in [-0.1, -0.05) is 0 Å². The highest BCUT2D eigenvalue weighted by Gasteiger charge is 2.18. The van der Waals surface area contributed by atoms with E-state index in [0.717, 1.165) is 74.0 Å². The van der Waals surface area contributed by atoms with E-state index in [-0.39, 0.29) is 11.6 Å². The number of fused-ring (bicyclic) bond motifs is 2. The number of hydrogen-bond donors (Lipinski definition) is 2. The van der Waals surface area contributed by atoms with Crippen LogP contribution in [0.15, 0.2) is 57.9 Å². The maximum Gasteiger partial charge on any atom is 0.360 e. The molecule has 0 unspecified atom stereocenters. The minimum absolute atomic E-state index is 0.162. The summed E-state index contributed by atoms with van der Waals surface area (Å²) in [6.07, 6.45) is 5.31. The van der Waals surface area contributed by atoms with Gasteiger partial charge < -0.3 is 19.6 Å². The van der Waals surface area contributed by atoms with Crippen molar-refractivity contribution in [3.63, 3.8) is 0 Å². The normalized spacial score (nSPS) is 14.3. The summed E-state index contributed by atoms with van der Waals surface area (Å²) in [7, 11) is 0. The fourth-order valence-electron chi connectivity index (χ4n) is 4.92. The summed E-state index contributed by atoms with van der Waals surface area (Å²) in [4.78, 5) is 31.6. The molecular weight excluding hydrogens is 454 g/mol. The van der Waals surface area contributed by atoms with E-state index in [2.05, 4.69) is 32.4 Å². The van der Waals surface area contributed by atoms with E-state index in [1.807, 2.05) is 36.4 Å². The number of nitrogens with zero attached hydrogens (tertiary/aromatic N) is 3. The van der Waals surface area contributed by atoms with Crippen LogP contribution in [0.4, 0.5) is 11.4 Å². The summed E-state index contributed by atoms with van der Waals surface area (Å²) < 4.78 is 5.36. The molecule has 1 saturated heterocycles. The number of H-pyrrole nitrogens is 1. The fourth-order valence-corrected chi connectivity index (χ4v) is 4.92. The molecule has 0 aliphatic carbocycles. The van der Waals surface area contributed by atoms with Crippen molar-refractivity contribution in [2.75, 3.05) is 42.9 Å². The number of carbonyl (C=O) groups is 1. The van der Waals surface area contributed by atoms with Gasteiger partial charge in [-0.15, -0.1) is 0 Å². The predicted octanol–water partition coefficient (Wildman–Crippen LogP) is 4.25. The van der Waals surface area contributed by atoms with Gasteiger partial charge in [0.15, 0.2) is 0 Å². The van der Waals surface area contributed by atoms with Gasteiger partial charge in [0.25, 0.3) is 0 Å². The Morgan fingerprint density at radius 1 is 1.11 bits per heavy atom. The molecule has 0 spiro atoms. The topological polar surface area (TPSA) is 105 Å². The summed E-state index contributed by atoms with van der Waals surface area (Å²) >= 11 is 0. The van der Waals surface area contributed by atoms with E-state index in [9.17, 15) is 14.9 Å². The van der Waals surface area contributed by atoms with Crippen molar-refractivity contribution in [3.05, 3.63) is 70.2 Å². The third-order valence-corrected chi connectivity index (χ3v) is 6.83. The minimum Gasteiger partial charge on any atom is -0.421 e. The quantitative estimate of drug-likeness (QED) is 0.301. The lowest BCUT2D eigenvalue weighted by Crippen LogP contribution is -2.46. The first kappa shape index (κ1) is 23.6. The molecule has 184 valence electrons. The summed E-state index contributed by atoms with van der Waals surface area (Å²) in [6, 6.07) is 15.5.